The van der Waals surface area contributed by atoms with Crippen molar-refractivity contribution in [2.75, 3.05) is 4.72 Å². The number of aromatic hydroxyl groups is 1. The van der Waals surface area contributed by atoms with Gasteiger partial charge >= 0.3 is 5.69 Å². The van der Waals surface area contributed by atoms with E-state index in [2.05, 4.69) is 26.8 Å². The Morgan fingerprint density at radius 1 is 0.886 bits per heavy atom. The molecule has 0 amide bonds. The van der Waals surface area contributed by atoms with Gasteiger partial charge in [-0.1, -0.05) is 29.8 Å². The molecule has 0 radical (unpaired) electrons. The number of nitrogens with one attached hydrogen (secondary N) is 2. The summed E-state index contributed by atoms with van der Waals surface area (Å²) in [5, 5.41) is 11.1. The number of aryl methyl sites for hydroxylation is 1. The van der Waals surface area contributed by atoms with Crippen LogP contribution >= 0.6 is 0 Å². The molecule has 4 fully saturated rings. The fraction of sp³-hybridized carbons (Fsp3) is 0.324. The maximum atomic E-state index is 12.8. The Labute approximate surface area is 255 Å². The first-order valence-corrected chi connectivity index (χ1v) is 16.5. The van der Waals surface area contributed by atoms with Crippen molar-refractivity contribution in [3.8, 4) is 11.6 Å². The highest BCUT2D eigenvalue weighted by Gasteiger charge is 2.51. The topological polar surface area (TPSA) is 134 Å². The average molecular weight is 611 g/mol. The van der Waals surface area contributed by atoms with Crippen LogP contribution in [-0.4, -0.2) is 29.3 Å². The third kappa shape index (κ3) is 5.17. The minimum atomic E-state index is -3.82. The maximum Gasteiger partial charge on any atom is 0.335 e. The summed E-state index contributed by atoms with van der Waals surface area (Å²) in [7, 11) is -3.82. The zero-order valence-corrected chi connectivity index (χ0v) is 25.2. The van der Waals surface area contributed by atoms with Crippen LogP contribution in [0, 0.1) is 24.7 Å². The van der Waals surface area contributed by atoms with Gasteiger partial charge in [0.2, 0.25) is 5.88 Å². The average Bonchev–Trinajstić information content (AvgIpc) is 2.98. The molecule has 226 valence electrons. The molecule has 4 aliphatic rings. The second-order valence-electron chi connectivity index (χ2n) is 12.8. The van der Waals surface area contributed by atoms with Gasteiger partial charge in [0.05, 0.1) is 16.3 Å². The van der Waals surface area contributed by atoms with Crippen LogP contribution < -0.4 is 16.0 Å². The Morgan fingerprint density at radius 3 is 2.07 bits per heavy atom. The molecule has 44 heavy (non-hydrogen) atoms. The fourth-order valence-corrected chi connectivity index (χ4v) is 9.07. The minimum Gasteiger partial charge on any atom is -0.493 e. The van der Waals surface area contributed by atoms with Gasteiger partial charge in [-0.05, 0) is 123 Å². The highest BCUT2D eigenvalue weighted by Crippen LogP contribution is 2.60. The number of hydrogen-bond donors (Lipinski definition) is 3. The van der Waals surface area contributed by atoms with E-state index < -0.39 is 27.2 Å². The van der Waals surface area contributed by atoms with Crippen LogP contribution in [0.3, 0.4) is 0 Å². The molecule has 4 aromatic rings. The van der Waals surface area contributed by atoms with Crippen LogP contribution in [0.2, 0.25) is 0 Å². The standard InChI is InChI=1S/C34H34N4O5S/c1-21-2-6-27(7-3-21)37-44(42,43)29-12-8-26(9-13-29)35-20-30-31(39)36-33(41)38(32(30)40)28-10-4-25(5-11-28)34-17-22-14-23(18-34)16-24(15-22)19-34/h2-13,20,22-24,37,40H,14-19H2,1H3,(H,36,39,41). The quantitative estimate of drug-likeness (QED) is 0.236. The van der Waals surface area contributed by atoms with Gasteiger partial charge in [-0.2, -0.15) is 0 Å². The third-order valence-corrected chi connectivity index (χ3v) is 11.1. The number of sulfonamides is 1. The molecule has 1 aromatic heterocycles. The first-order valence-electron chi connectivity index (χ1n) is 15.0. The van der Waals surface area contributed by atoms with Crippen molar-refractivity contribution >= 4 is 27.6 Å². The van der Waals surface area contributed by atoms with Gasteiger partial charge < -0.3 is 5.11 Å². The SMILES string of the molecule is Cc1ccc(NS(=O)(=O)c2ccc(N=Cc3c(O)n(-c4ccc(C56CC7CC(CC(C7)C5)C6)cc4)c(=O)[nH]c3=O)cc2)cc1. The van der Waals surface area contributed by atoms with Crippen molar-refractivity contribution in [2.24, 2.45) is 22.7 Å². The van der Waals surface area contributed by atoms with Gasteiger partial charge in [0.25, 0.3) is 15.6 Å². The van der Waals surface area contributed by atoms with Crippen molar-refractivity contribution in [1.82, 2.24) is 9.55 Å². The number of nitrogens with zero attached hydrogens (tertiary/aromatic N) is 2. The molecule has 0 saturated heterocycles. The molecule has 8 rings (SSSR count). The van der Waals surface area contributed by atoms with E-state index >= 15 is 0 Å². The molecule has 10 heteroatoms. The predicted molar refractivity (Wildman–Crippen MR) is 170 cm³/mol. The maximum absolute atomic E-state index is 12.8. The van der Waals surface area contributed by atoms with Crippen molar-refractivity contribution < 1.29 is 13.5 Å². The van der Waals surface area contributed by atoms with Gasteiger partial charge in [-0.25, -0.2) is 17.8 Å². The van der Waals surface area contributed by atoms with Gasteiger partial charge in [-0.15, -0.1) is 0 Å². The summed E-state index contributed by atoms with van der Waals surface area (Å²) in [6.45, 7) is 1.92. The highest BCUT2D eigenvalue weighted by atomic mass is 32.2. The summed E-state index contributed by atoms with van der Waals surface area (Å²) in [5.41, 5.74) is 2.05. The fourth-order valence-electron chi connectivity index (χ4n) is 8.01. The number of H-pyrrole nitrogens is 1. The molecule has 0 spiro atoms. The summed E-state index contributed by atoms with van der Waals surface area (Å²) in [4.78, 5) is 32.0. The molecule has 0 aliphatic heterocycles. The number of anilines is 1. The molecule has 3 N–H and O–H groups in total. The van der Waals surface area contributed by atoms with Crippen molar-refractivity contribution in [1.29, 1.82) is 0 Å². The first-order chi connectivity index (χ1) is 21.1. The molecule has 4 aliphatic carbocycles. The molecular weight excluding hydrogens is 576 g/mol. The van der Waals surface area contributed by atoms with Crippen LogP contribution in [0.1, 0.15) is 55.2 Å². The van der Waals surface area contributed by atoms with Crippen LogP contribution in [0.5, 0.6) is 5.88 Å². The number of hydrogen-bond acceptors (Lipinski definition) is 6. The molecule has 0 unspecified atom stereocenters. The van der Waals surface area contributed by atoms with Gasteiger partial charge in [0, 0.05) is 11.9 Å². The molecule has 4 bridgehead atoms. The lowest BCUT2D eigenvalue weighted by atomic mass is 9.48. The van der Waals surface area contributed by atoms with Crippen molar-refractivity contribution in [2.45, 2.75) is 55.8 Å². The Hall–Kier alpha value is -4.44. The Balaban J connectivity index is 1.12. The van der Waals surface area contributed by atoms with Crippen LogP contribution in [0.15, 0.2) is 92.3 Å². The number of aliphatic imine (C=N–C) groups is 1. The summed E-state index contributed by atoms with van der Waals surface area (Å²) < 4.78 is 29.2. The summed E-state index contributed by atoms with van der Waals surface area (Å²) >= 11 is 0. The molecule has 0 atom stereocenters. The van der Waals surface area contributed by atoms with Crippen molar-refractivity contribution in [3.05, 3.63) is 110 Å². The monoisotopic (exact) mass is 610 g/mol. The predicted octanol–water partition coefficient (Wildman–Crippen LogP) is 5.56. The Morgan fingerprint density at radius 2 is 1.48 bits per heavy atom. The molecule has 3 aromatic carbocycles. The number of benzene rings is 3. The van der Waals surface area contributed by atoms with E-state index in [0.717, 1.165) is 27.9 Å². The van der Waals surface area contributed by atoms with Gasteiger partial charge in [0.15, 0.2) is 0 Å². The highest BCUT2D eigenvalue weighted by molar-refractivity contribution is 7.92. The number of rotatable bonds is 7. The zero-order valence-electron chi connectivity index (χ0n) is 24.4. The molecule has 9 nitrogen and oxygen atoms in total. The number of aromatic nitrogens is 2. The number of aromatic amines is 1. The smallest absolute Gasteiger partial charge is 0.335 e. The summed E-state index contributed by atoms with van der Waals surface area (Å²) in [5.74, 6) is 1.91. The van der Waals surface area contributed by atoms with Crippen LogP contribution in [0.25, 0.3) is 5.69 Å². The minimum absolute atomic E-state index is 0.0447. The van der Waals surface area contributed by atoms with E-state index in [1.807, 2.05) is 31.2 Å². The lowest BCUT2D eigenvalue weighted by molar-refractivity contribution is -0.00518. The lowest BCUT2D eigenvalue weighted by Crippen LogP contribution is -2.48. The second-order valence-corrected chi connectivity index (χ2v) is 14.5. The van der Waals surface area contributed by atoms with E-state index in [-0.39, 0.29) is 15.9 Å². The molecule has 1 heterocycles. The summed E-state index contributed by atoms with van der Waals surface area (Å²) in [6.07, 6.45) is 8.91. The van der Waals surface area contributed by atoms with E-state index in [0.29, 0.717) is 17.1 Å². The summed E-state index contributed by atoms with van der Waals surface area (Å²) in [6, 6.07) is 20.6. The Kier molecular flexibility index (Phi) is 6.84. The van der Waals surface area contributed by atoms with E-state index in [1.54, 1.807) is 12.1 Å². The van der Waals surface area contributed by atoms with E-state index in [9.17, 15) is 23.1 Å². The molecule has 4 saturated carbocycles. The van der Waals surface area contributed by atoms with E-state index in [4.69, 9.17) is 0 Å². The Bertz CT molecular complexity index is 1940. The van der Waals surface area contributed by atoms with Gasteiger partial charge in [0.1, 0.15) is 5.56 Å². The lowest BCUT2D eigenvalue weighted by Gasteiger charge is -2.57. The zero-order chi connectivity index (χ0) is 30.6. The first kappa shape index (κ1) is 28.3. The van der Waals surface area contributed by atoms with Crippen molar-refractivity contribution in [3.63, 3.8) is 0 Å². The molecular formula is C34H34N4O5S. The van der Waals surface area contributed by atoms with Gasteiger partial charge in [-0.3, -0.25) is 19.5 Å². The van der Waals surface area contributed by atoms with Crippen LogP contribution in [0.4, 0.5) is 11.4 Å². The van der Waals surface area contributed by atoms with Crippen LogP contribution in [-0.2, 0) is 15.4 Å². The third-order valence-electron chi connectivity index (χ3n) is 9.69. The van der Waals surface area contributed by atoms with E-state index in [1.165, 1.54) is 74.6 Å². The largest absolute Gasteiger partial charge is 0.493 e. The second kappa shape index (κ2) is 10.6. The normalized spacial score (nSPS) is 24.2.